The molecule has 0 bridgehead atoms. The molecule has 0 fully saturated rings. The Bertz CT molecular complexity index is 1030. The number of carbonyl (C=O) groups excluding carboxylic acids is 1. The largest absolute Gasteiger partial charge is 0.495 e. The van der Waals surface area contributed by atoms with Crippen LogP contribution in [-0.2, 0) is 12.8 Å². The van der Waals surface area contributed by atoms with Gasteiger partial charge >= 0.3 is 0 Å². The molecular weight excluding hydrogens is 386 g/mol. The maximum atomic E-state index is 12.9. The predicted molar refractivity (Wildman–Crippen MR) is 115 cm³/mol. The summed E-state index contributed by atoms with van der Waals surface area (Å²) in [6.45, 7) is 0. The number of carbonyl (C=O) groups is 1. The summed E-state index contributed by atoms with van der Waals surface area (Å²) in [5.41, 5.74) is 4.50. The van der Waals surface area contributed by atoms with Crippen molar-refractivity contribution in [1.29, 1.82) is 0 Å². The molecule has 1 heterocycles. The molecule has 5 nitrogen and oxygen atoms in total. The first kappa shape index (κ1) is 19.3. The second-order valence-electron chi connectivity index (χ2n) is 7.11. The number of nitrogens with one attached hydrogen (secondary N) is 1. The highest BCUT2D eigenvalue weighted by Crippen LogP contribution is 2.33. The van der Waals surface area contributed by atoms with E-state index in [-0.39, 0.29) is 17.1 Å². The van der Waals surface area contributed by atoms with E-state index in [4.69, 9.17) is 16.3 Å². The number of aromatic nitrogens is 1. The standard InChI is InChI=1S/C23H22ClN3O2/c1-27(20-9-5-6-10-21(20)29-2)18-13-19(26-22(24)14-18)23(28)25-17-11-15-7-3-4-8-16(15)12-17/h3-10,13-14,17H,11-12H2,1-2H3,(H,25,28). The Morgan fingerprint density at radius 2 is 1.76 bits per heavy atom. The van der Waals surface area contributed by atoms with Gasteiger partial charge in [0.2, 0.25) is 0 Å². The number of benzene rings is 2. The molecule has 2 aromatic carbocycles. The zero-order valence-electron chi connectivity index (χ0n) is 16.4. The number of para-hydroxylation sites is 2. The van der Waals surface area contributed by atoms with Crippen LogP contribution in [0.15, 0.2) is 60.7 Å². The molecule has 1 aliphatic rings. The number of nitrogens with zero attached hydrogens (tertiary/aromatic N) is 2. The van der Waals surface area contributed by atoms with Crippen LogP contribution < -0.4 is 15.0 Å². The normalized spacial score (nSPS) is 13.1. The molecule has 6 heteroatoms. The van der Waals surface area contributed by atoms with Crippen LogP contribution >= 0.6 is 11.6 Å². The first-order valence-corrected chi connectivity index (χ1v) is 9.85. The minimum Gasteiger partial charge on any atom is -0.495 e. The van der Waals surface area contributed by atoms with Crippen molar-refractivity contribution in [2.75, 3.05) is 19.1 Å². The Morgan fingerprint density at radius 3 is 2.45 bits per heavy atom. The number of ether oxygens (including phenoxy) is 1. The van der Waals surface area contributed by atoms with Crippen molar-refractivity contribution < 1.29 is 9.53 Å². The van der Waals surface area contributed by atoms with Crippen molar-refractivity contribution in [2.24, 2.45) is 0 Å². The quantitative estimate of drug-likeness (QED) is 0.636. The Kier molecular flexibility index (Phi) is 5.41. The summed E-state index contributed by atoms with van der Waals surface area (Å²) in [7, 11) is 3.53. The number of pyridine rings is 1. The van der Waals surface area contributed by atoms with Crippen LogP contribution in [0.2, 0.25) is 5.15 Å². The summed E-state index contributed by atoms with van der Waals surface area (Å²) in [6.07, 6.45) is 1.66. The first-order chi connectivity index (χ1) is 14.0. The van der Waals surface area contributed by atoms with Gasteiger partial charge in [0.15, 0.2) is 0 Å². The highest BCUT2D eigenvalue weighted by molar-refractivity contribution is 6.29. The van der Waals surface area contributed by atoms with E-state index in [1.54, 1.807) is 19.2 Å². The van der Waals surface area contributed by atoms with E-state index in [1.165, 1.54) is 11.1 Å². The van der Waals surface area contributed by atoms with Crippen LogP contribution in [0, 0.1) is 0 Å². The monoisotopic (exact) mass is 407 g/mol. The van der Waals surface area contributed by atoms with Crippen LogP contribution in [-0.4, -0.2) is 31.1 Å². The van der Waals surface area contributed by atoms with E-state index in [2.05, 4.69) is 22.4 Å². The van der Waals surface area contributed by atoms with Crippen molar-refractivity contribution in [2.45, 2.75) is 18.9 Å². The van der Waals surface area contributed by atoms with Gasteiger partial charge in [0.1, 0.15) is 16.6 Å². The van der Waals surface area contributed by atoms with Crippen molar-refractivity contribution in [3.05, 3.63) is 82.6 Å². The lowest BCUT2D eigenvalue weighted by Crippen LogP contribution is -2.35. The maximum absolute atomic E-state index is 12.9. The van der Waals surface area contributed by atoms with Gasteiger partial charge in [-0.3, -0.25) is 4.79 Å². The zero-order valence-corrected chi connectivity index (χ0v) is 17.1. The summed E-state index contributed by atoms with van der Waals surface area (Å²) in [5, 5.41) is 3.36. The molecule has 0 aliphatic heterocycles. The van der Waals surface area contributed by atoms with Crippen molar-refractivity contribution in [1.82, 2.24) is 10.3 Å². The number of hydrogen-bond acceptors (Lipinski definition) is 4. The van der Waals surface area contributed by atoms with Crippen LogP contribution in [0.1, 0.15) is 21.6 Å². The summed E-state index contributed by atoms with van der Waals surface area (Å²) in [6, 6.07) is 19.5. The van der Waals surface area contributed by atoms with Crippen LogP contribution in [0.4, 0.5) is 11.4 Å². The minimum atomic E-state index is -0.222. The van der Waals surface area contributed by atoms with Gasteiger partial charge in [0.05, 0.1) is 12.8 Å². The van der Waals surface area contributed by atoms with Gasteiger partial charge in [-0.1, -0.05) is 48.0 Å². The topological polar surface area (TPSA) is 54.5 Å². The Hall–Kier alpha value is -3.05. The SMILES string of the molecule is COc1ccccc1N(C)c1cc(Cl)nc(C(=O)NC2Cc3ccccc3C2)c1. The van der Waals surface area contributed by atoms with Gasteiger partial charge in [-0.05, 0) is 48.2 Å². The molecule has 4 rings (SSSR count). The second kappa shape index (κ2) is 8.13. The molecule has 0 atom stereocenters. The number of halogens is 1. The van der Waals surface area contributed by atoms with Crippen molar-refractivity contribution in [3.63, 3.8) is 0 Å². The van der Waals surface area contributed by atoms with E-state index in [0.717, 1.165) is 30.0 Å². The molecular formula is C23H22ClN3O2. The summed E-state index contributed by atoms with van der Waals surface area (Å²) < 4.78 is 5.45. The van der Waals surface area contributed by atoms with Crippen molar-refractivity contribution in [3.8, 4) is 5.75 Å². The zero-order chi connectivity index (χ0) is 20.4. The van der Waals surface area contributed by atoms with Gasteiger partial charge in [-0.2, -0.15) is 0 Å². The van der Waals surface area contributed by atoms with Gasteiger partial charge in [0.25, 0.3) is 5.91 Å². The van der Waals surface area contributed by atoms with Gasteiger partial charge < -0.3 is 15.0 Å². The molecule has 0 saturated carbocycles. The number of amides is 1. The lowest BCUT2D eigenvalue weighted by Gasteiger charge is -2.22. The molecule has 0 unspecified atom stereocenters. The molecule has 0 saturated heterocycles. The number of hydrogen-bond donors (Lipinski definition) is 1. The minimum absolute atomic E-state index is 0.0658. The highest BCUT2D eigenvalue weighted by Gasteiger charge is 2.24. The third-order valence-corrected chi connectivity index (χ3v) is 5.43. The maximum Gasteiger partial charge on any atom is 0.270 e. The molecule has 3 aromatic rings. The van der Waals surface area contributed by atoms with E-state index >= 15 is 0 Å². The molecule has 0 spiro atoms. The number of fused-ring (bicyclic) bond motifs is 1. The first-order valence-electron chi connectivity index (χ1n) is 9.47. The van der Waals surface area contributed by atoms with Crippen molar-refractivity contribution >= 4 is 28.9 Å². The summed E-state index contributed by atoms with van der Waals surface area (Å²) in [4.78, 5) is 19.0. The van der Waals surface area contributed by atoms with Crippen LogP contribution in [0.5, 0.6) is 5.75 Å². The molecule has 0 radical (unpaired) electrons. The molecule has 29 heavy (non-hydrogen) atoms. The van der Waals surface area contributed by atoms with Gasteiger partial charge in [-0.25, -0.2) is 4.98 Å². The smallest absolute Gasteiger partial charge is 0.270 e. The lowest BCUT2D eigenvalue weighted by molar-refractivity contribution is 0.0933. The summed E-state index contributed by atoms with van der Waals surface area (Å²) >= 11 is 6.24. The molecule has 1 aliphatic carbocycles. The number of rotatable bonds is 5. The lowest BCUT2D eigenvalue weighted by atomic mass is 10.1. The predicted octanol–water partition coefficient (Wildman–Crippen LogP) is 4.41. The molecule has 1 aromatic heterocycles. The Labute approximate surface area is 175 Å². The van der Waals surface area contributed by atoms with E-state index in [1.807, 2.05) is 48.3 Å². The third-order valence-electron chi connectivity index (χ3n) is 5.23. The number of anilines is 2. The average Bonchev–Trinajstić information content (AvgIpc) is 3.15. The molecule has 1 amide bonds. The van der Waals surface area contributed by atoms with Gasteiger partial charge in [0, 0.05) is 18.8 Å². The van der Waals surface area contributed by atoms with Crippen LogP contribution in [0.3, 0.4) is 0 Å². The fourth-order valence-corrected chi connectivity index (χ4v) is 3.96. The van der Waals surface area contributed by atoms with Gasteiger partial charge in [-0.15, -0.1) is 0 Å². The summed E-state index contributed by atoms with van der Waals surface area (Å²) in [5.74, 6) is 0.512. The third kappa shape index (κ3) is 4.05. The highest BCUT2D eigenvalue weighted by atomic mass is 35.5. The van der Waals surface area contributed by atoms with E-state index < -0.39 is 0 Å². The van der Waals surface area contributed by atoms with Crippen LogP contribution in [0.25, 0.3) is 0 Å². The Morgan fingerprint density at radius 1 is 1.10 bits per heavy atom. The average molecular weight is 408 g/mol. The molecule has 1 N–H and O–H groups in total. The Balaban J connectivity index is 1.55. The fraction of sp³-hybridized carbons (Fsp3) is 0.217. The number of methoxy groups -OCH3 is 1. The molecule has 148 valence electrons. The second-order valence-corrected chi connectivity index (χ2v) is 7.50. The van der Waals surface area contributed by atoms with E-state index in [0.29, 0.717) is 5.69 Å². The van der Waals surface area contributed by atoms with E-state index in [9.17, 15) is 4.79 Å². The fourth-order valence-electron chi connectivity index (χ4n) is 3.76.